The van der Waals surface area contributed by atoms with Gasteiger partial charge in [-0.3, -0.25) is 9.48 Å². The maximum atomic E-state index is 14.2. The van der Waals surface area contributed by atoms with Gasteiger partial charge in [-0.15, -0.1) is 11.3 Å². The molecule has 2 amide bonds. The molecule has 3 atom stereocenters. The second kappa shape index (κ2) is 8.31. The lowest BCUT2D eigenvalue weighted by Gasteiger charge is -2.17. The van der Waals surface area contributed by atoms with Crippen molar-refractivity contribution in [2.45, 2.75) is 31.2 Å². The van der Waals surface area contributed by atoms with Crippen LogP contribution in [0, 0.1) is 0 Å². The van der Waals surface area contributed by atoms with Gasteiger partial charge in [0.15, 0.2) is 3.92 Å². The molecule has 0 radical (unpaired) electrons. The summed E-state index contributed by atoms with van der Waals surface area (Å²) >= 11 is 4.50. The summed E-state index contributed by atoms with van der Waals surface area (Å²) in [6, 6.07) is -0.842. The number of carbonyl (C=O) groups excluding carboxylic acids is 1. The average Bonchev–Trinajstić information content (AvgIpc) is 3.15. The zero-order valence-electron chi connectivity index (χ0n) is 14.2. The molecule has 146 valence electrons. The van der Waals surface area contributed by atoms with E-state index in [9.17, 15) is 14.0 Å². The Morgan fingerprint density at radius 2 is 2.26 bits per heavy atom. The number of anilines is 1. The predicted molar refractivity (Wildman–Crippen MR) is 98.7 cm³/mol. The summed E-state index contributed by atoms with van der Waals surface area (Å²) in [6.07, 6.45) is -1.14. The van der Waals surface area contributed by atoms with Gasteiger partial charge in [-0.05, 0) is 28.8 Å². The van der Waals surface area contributed by atoms with Gasteiger partial charge in [0.2, 0.25) is 0 Å². The van der Waals surface area contributed by atoms with Crippen LogP contribution in [-0.2, 0) is 11.8 Å². The Morgan fingerprint density at radius 3 is 2.93 bits per heavy atom. The first-order valence-electron chi connectivity index (χ1n) is 8.04. The number of halogens is 2. The zero-order chi connectivity index (χ0) is 19.6. The number of alkyl halides is 1. The van der Waals surface area contributed by atoms with E-state index in [-0.39, 0.29) is 18.7 Å². The van der Waals surface area contributed by atoms with Gasteiger partial charge in [-0.2, -0.15) is 5.10 Å². The molecule has 1 fully saturated rings. The Labute approximate surface area is 166 Å². The maximum Gasteiger partial charge on any atom is 0.404 e. The number of amides is 2. The highest BCUT2D eigenvalue weighted by molar-refractivity contribution is 9.11. The molecule has 3 rings (SSSR count). The van der Waals surface area contributed by atoms with Gasteiger partial charge in [-0.25, -0.2) is 14.2 Å². The van der Waals surface area contributed by atoms with Crippen LogP contribution in [0.25, 0.3) is 0 Å². The van der Waals surface area contributed by atoms with Crippen LogP contribution in [0.15, 0.2) is 15.5 Å². The third-order valence-corrected chi connectivity index (χ3v) is 5.55. The summed E-state index contributed by atoms with van der Waals surface area (Å²) in [5.41, 5.74) is 1.29. The van der Waals surface area contributed by atoms with Crippen LogP contribution in [0.5, 0.6) is 0 Å². The molecule has 1 aliphatic rings. The summed E-state index contributed by atoms with van der Waals surface area (Å²) in [5, 5.41) is 19.5. The van der Waals surface area contributed by atoms with E-state index in [0.29, 0.717) is 21.7 Å². The van der Waals surface area contributed by atoms with Gasteiger partial charge in [0.05, 0.1) is 30.2 Å². The molecule has 1 aliphatic heterocycles. The van der Waals surface area contributed by atoms with Crippen molar-refractivity contribution < 1.29 is 23.8 Å². The van der Waals surface area contributed by atoms with E-state index in [1.165, 1.54) is 17.5 Å². The van der Waals surface area contributed by atoms with Crippen LogP contribution in [-0.4, -0.2) is 50.7 Å². The van der Waals surface area contributed by atoms with Crippen molar-refractivity contribution in [1.29, 1.82) is 0 Å². The van der Waals surface area contributed by atoms with Gasteiger partial charge in [0.25, 0.3) is 5.91 Å². The molecule has 2 aromatic rings. The first-order chi connectivity index (χ1) is 12.8. The molecule has 0 bridgehead atoms. The predicted octanol–water partition coefficient (Wildman–Crippen LogP) is 2.72. The van der Waals surface area contributed by atoms with Crippen LogP contribution in [0.2, 0.25) is 0 Å². The van der Waals surface area contributed by atoms with Crippen molar-refractivity contribution in [3.05, 3.63) is 26.9 Å². The Morgan fingerprint density at radius 1 is 1.48 bits per heavy atom. The number of carboxylic acid groups (broad SMARTS) is 1. The van der Waals surface area contributed by atoms with E-state index in [0.717, 1.165) is 0 Å². The highest BCUT2D eigenvalue weighted by Crippen LogP contribution is 2.33. The van der Waals surface area contributed by atoms with E-state index >= 15 is 0 Å². The number of ether oxygens (including phenoxy) is 1. The van der Waals surface area contributed by atoms with Crippen LogP contribution in [0.1, 0.15) is 35.1 Å². The second-order valence-electron chi connectivity index (χ2n) is 5.98. The van der Waals surface area contributed by atoms with Gasteiger partial charge in [-0.1, -0.05) is 0 Å². The molecule has 0 unspecified atom stereocenters. The Hall–Kier alpha value is -2.05. The van der Waals surface area contributed by atoms with Crippen molar-refractivity contribution in [3.63, 3.8) is 0 Å². The van der Waals surface area contributed by atoms with Gasteiger partial charge in [0, 0.05) is 12.4 Å². The summed E-state index contributed by atoms with van der Waals surface area (Å²) in [7, 11) is 1.69. The van der Waals surface area contributed by atoms with Gasteiger partial charge < -0.3 is 20.5 Å². The molecule has 0 aliphatic carbocycles. The van der Waals surface area contributed by atoms with Crippen molar-refractivity contribution in [3.8, 4) is 0 Å². The fourth-order valence-electron chi connectivity index (χ4n) is 2.92. The van der Waals surface area contributed by atoms with Gasteiger partial charge >= 0.3 is 6.09 Å². The van der Waals surface area contributed by atoms with E-state index in [2.05, 4.69) is 36.6 Å². The Kier molecular flexibility index (Phi) is 6.07. The molecule has 27 heavy (non-hydrogen) atoms. The number of aromatic nitrogens is 3. The Bertz CT molecular complexity index is 844. The molecule has 9 nitrogen and oxygen atoms in total. The molecule has 3 N–H and O–H groups in total. The number of carbonyl (C=O) groups is 2. The lowest BCUT2D eigenvalue weighted by molar-refractivity contribution is 0.0233. The summed E-state index contributed by atoms with van der Waals surface area (Å²) in [6.45, 7) is -0.257. The third kappa shape index (κ3) is 4.62. The first kappa shape index (κ1) is 19.7. The van der Waals surface area contributed by atoms with E-state index in [4.69, 9.17) is 9.84 Å². The van der Waals surface area contributed by atoms with E-state index in [1.54, 1.807) is 17.1 Å². The minimum Gasteiger partial charge on any atom is -0.465 e. The number of aryl methyl sites for hydroxylation is 1. The van der Waals surface area contributed by atoms with Crippen LogP contribution >= 0.6 is 27.3 Å². The zero-order valence-corrected chi connectivity index (χ0v) is 16.6. The quantitative estimate of drug-likeness (QED) is 0.643. The smallest absolute Gasteiger partial charge is 0.404 e. The molecule has 1 saturated heterocycles. The number of thiazole rings is 1. The number of hydrogen-bond acceptors (Lipinski definition) is 6. The Balaban J connectivity index is 1.76. The highest BCUT2D eigenvalue weighted by Gasteiger charge is 2.32. The minimum absolute atomic E-state index is 0.257. The van der Waals surface area contributed by atoms with Crippen LogP contribution < -0.4 is 10.6 Å². The molecule has 12 heteroatoms. The minimum atomic E-state index is -1.45. The van der Waals surface area contributed by atoms with Crippen LogP contribution in [0.4, 0.5) is 14.9 Å². The summed E-state index contributed by atoms with van der Waals surface area (Å²) < 4.78 is 22.0. The van der Waals surface area contributed by atoms with E-state index < -0.39 is 30.3 Å². The standard InChI is InChI=1S/C15H17BrFN5O4S/c1-22-12(11-3-2-8(21-15(24)25)7(17)5-26-11)9(4-18-22)19-13(23)10-6-27-14(16)20-10/h4,6-8,11,21H,2-3,5H2,1H3,(H,19,23)(H,24,25)/t7-,8+,11-/m0/s1. The first-order valence-corrected chi connectivity index (χ1v) is 9.71. The molecule has 0 aromatic carbocycles. The normalized spacial score (nSPS) is 22.9. The molecule has 3 heterocycles. The fourth-order valence-corrected chi connectivity index (χ4v) is 3.91. The SMILES string of the molecule is Cn1ncc(NC(=O)c2csc(Br)n2)c1[C@@H]1CC[C@@H](NC(=O)O)[C@@H](F)CO1. The van der Waals surface area contributed by atoms with Crippen LogP contribution in [0.3, 0.4) is 0 Å². The molecular weight excluding hydrogens is 445 g/mol. The van der Waals surface area contributed by atoms with Crippen molar-refractivity contribution >= 4 is 45.0 Å². The molecule has 0 spiro atoms. The van der Waals surface area contributed by atoms with Gasteiger partial charge in [0.1, 0.15) is 18.0 Å². The maximum absolute atomic E-state index is 14.2. The highest BCUT2D eigenvalue weighted by atomic mass is 79.9. The second-order valence-corrected chi connectivity index (χ2v) is 8.11. The fraction of sp³-hybridized carbons (Fsp3) is 0.467. The largest absolute Gasteiger partial charge is 0.465 e. The summed E-state index contributed by atoms with van der Waals surface area (Å²) in [4.78, 5) is 27.2. The van der Waals surface area contributed by atoms with Crippen molar-refractivity contribution in [2.24, 2.45) is 7.05 Å². The van der Waals surface area contributed by atoms with Crippen molar-refractivity contribution in [1.82, 2.24) is 20.1 Å². The molecule has 0 saturated carbocycles. The molecular formula is C15H17BrFN5O4S. The topological polar surface area (TPSA) is 118 Å². The lowest BCUT2D eigenvalue weighted by atomic mass is 10.0. The number of hydrogen-bond donors (Lipinski definition) is 3. The monoisotopic (exact) mass is 461 g/mol. The van der Waals surface area contributed by atoms with Crippen molar-refractivity contribution in [2.75, 3.05) is 11.9 Å². The lowest BCUT2D eigenvalue weighted by Crippen LogP contribution is -2.41. The number of nitrogens with one attached hydrogen (secondary N) is 2. The third-order valence-electron chi connectivity index (χ3n) is 4.19. The number of nitrogens with zero attached hydrogens (tertiary/aromatic N) is 3. The summed E-state index contributed by atoms with van der Waals surface area (Å²) in [5.74, 6) is -0.395. The molecule has 2 aromatic heterocycles. The number of rotatable bonds is 4. The average molecular weight is 462 g/mol. The van der Waals surface area contributed by atoms with E-state index in [1.807, 2.05) is 0 Å².